The van der Waals surface area contributed by atoms with E-state index in [0.29, 0.717) is 5.02 Å². The first kappa shape index (κ1) is 23.3. The first-order chi connectivity index (χ1) is 13.4. The van der Waals surface area contributed by atoms with Gasteiger partial charge in [-0.1, -0.05) is 54.3 Å². The Kier molecular flexibility index (Phi) is 7.42. The van der Waals surface area contributed by atoms with Crippen LogP contribution >= 0.6 is 23.2 Å². The zero-order chi connectivity index (χ0) is 21.8. The van der Waals surface area contributed by atoms with Gasteiger partial charge in [-0.05, 0) is 41.8 Å². The van der Waals surface area contributed by atoms with Gasteiger partial charge in [0, 0.05) is 15.6 Å². The van der Waals surface area contributed by atoms with Gasteiger partial charge >= 0.3 is 15.5 Å². The zero-order valence-corrected chi connectivity index (χ0v) is 17.6. The monoisotopic (exact) mass is 468 g/mol. The van der Waals surface area contributed by atoms with Gasteiger partial charge in [-0.25, -0.2) is 0 Å². The summed E-state index contributed by atoms with van der Waals surface area (Å²) in [4.78, 5) is 5.33. The molecule has 11 heteroatoms. The number of halogens is 5. The average Bonchev–Trinajstić information content (AvgIpc) is 2.60. The summed E-state index contributed by atoms with van der Waals surface area (Å²) in [7, 11) is -5.61. The lowest BCUT2D eigenvalue weighted by Crippen LogP contribution is -2.30. The van der Waals surface area contributed by atoms with Gasteiger partial charge in [0.25, 0.3) is 0 Å². The van der Waals surface area contributed by atoms with E-state index in [1.165, 1.54) is 12.1 Å². The molecule has 2 aromatic carbocycles. The van der Waals surface area contributed by atoms with E-state index in [4.69, 9.17) is 28.0 Å². The summed E-state index contributed by atoms with van der Waals surface area (Å²) >= 11 is 11.8. The second-order valence-corrected chi connectivity index (χ2v) is 8.82. The van der Waals surface area contributed by atoms with Gasteiger partial charge in [-0.15, -0.1) is 0 Å². The molecular weight excluding hydrogens is 452 g/mol. The van der Waals surface area contributed by atoms with E-state index in [0.717, 1.165) is 11.6 Å². The highest BCUT2D eigenvalue weighted by molar-refractivity contribution is 7.93. The van der Waals surface area contributed by atoms with E-state index in [1.807, 2.05) is 0 Å². The van der Waals surface area contributed by atoms with Gasteiger partial charge in [0.1, 0.15) is 6.61 Å². The molecule has 0 aliphatic heterocycles. The van der Waals surface area contributed by atoms with Crippen molar-refractivity contribution in [2.24, 2.45) is 11.1 Å². The third-order valence-electron chi connectivity index (χ3n) is 3.66. The number of alkyl halides is 3. The molecule has 29 heavy (non-hydrogen) atoms. The average molecular weight is 469 g/mol. The Morgan fingerprint density at radius 2 is 1.69 bits per heavy atom. The largest absolute Gasteiger partial charge is 0.516 e. The van der Waals surface area contributed by atoms with Crippen molar-refractivity contribution >= 4 is 44.6 Å². The molecule has 0 aliphatic carbocycles. The van der Waals surface area contributed by atoms with Crippen molar-refractivity contribution in [2.45, 2.75) is 26.0 Å². The normalized spacial score (nSPS) is 12.9. The van der Waals surface area contributed by atoms with E-state index in [9.17, 15) is 21.6 Å². The molecule has 2 aromatic rings. The molecule has 0 fully saturated rings. The zero-order valence-electron chi connectivity index (χ0n) is 15.3. The first-order valence-corrected chi connectivity index (χ1v) is 10.5. The van der Waals surface area contributed by atoms with Crippen LogP contribution < -0.4 is 4.72 Å². The van der Waals surface area contributed by atoms with Crippen molar-refractivity contribution in [3.63, 3.8) is 0 Å². The standard InChI is InChI=1S/C18H17Cl2F3N2O3S/c1-11(2)17(24-28-10-12-3-5-13(19)6-4-12)15-9-14(20)7-8-16(15)25-29(26,27)18(21,22)23/h3-9,11,25H,10H2,1-2H3. The Bertz CT molecular complexity index is 992. The number of sulfonamides is 1. The molecule has 0 saturated carbocycles. The van der Waals surface area contributed by atoms with Crippen molar-refractivity contribution in [2.75, 3.05) is 4.72 Å². The van der Waals surface area contributed by atoms with Gasteiger partial charge in [-0.2, -0.15) is 21.6 Å². The molecule has 0 aliphatic rings. The molecule has 0 bridgehead atoms. The van der Waals surface area contributed by atoms with Crippen LogP contribution in [-0.4, -0.2) is 19.6 Å². The van der Waals surface area contributed by atoms with E-state index in [-0.39, 0.29) is 34.5 Å². The predicted molar refractivity (Wildman–Crippen MR) is 108 cm³/mol. The molecule has 0 atom stereocenters. The lowest BCUT2D eigenvalue weighted by atomic mass is 9.99. The number of hydrogen-bond donors (Lipinski definition) is 1. The summed E-state index contributed by atoms with van der Waals surface area (Å²) < 4.78 is 62.9. The van der Waals surface area contributed by atoms with Crippen LogP contribution in [0.3, 0.4) is 0 Å². The van der Waals surface area contributed by atoms with E-state index >= 15 is 0 Å². The smallest absolute Gasteiger partial charge is 0.391 e. The first-order valence-electron chi connectivity index (χ1n) is 8.24. The molecule has 0 amide bonds. The van der Waals surface area contributed by atoms with E-state index in [1.54, 1.807) is 42.8 Å². The predicted octanol–water partition coefficient (Wildman–Crippen LogP) is 5.83. The number of oxime groups is 1. The molecule has 1 N–H and O–H groups in total. The maximum absolute atomic E-state index is 12.8. The van der Waals surface area contributed by atoms with E-state index < -0.39 is 15.5 Å². The molecule has 0 unspecified atom stereocenters. The minimum absolute atomic E-state index is 0.0800. The quantitative estimate of drug-likeness (QED) is 0.410. The minimum atomic E-state index is -5.61. The highest BCUT2D eigenvalue weighted by atomic mass is 35.5. The number of nitrogens with one attached hydrogen (secondary N) is 1. The van der Waals surface area contributed by atoms with Crippen LogP contribution in [0.2, 0.25) is 10.0 Å². The van der Waals surface area contributed by atoms with Crippen molar-refractivity contribution in [1.29, 1.82) is 0 Å². The highest BCUT2D eigenvalue weighted by Crippen LogP contribution is 2.30. The number of hydrogen-bond acceptors (Lipinski definition) is 4. The van der Waals surface area contributed by atoms with Gasteiger partial charge in [0.15, 0.2) is 0 Å². The number of rotatable bonds is 7. The molecule has 158 valence electrons. The molecule has 0 spiro atoms. The Morgan fingerprint density at radius 3 is 2.24 bits per heavy atom. The van der Waals surface area contributed by atoms with Crippen molar-refractivity contribution in [3.8, 4) is 0 Å². The van der Waals surface area contributed by atoms with Crippen LogP contribution in [0.1, 0.15) is 25.0 Å². The molecular formula is C18H17Cl2F3N2O3S. The molecule has 2 rings (SSSR count). The van der Waals surface area contributed by atoms with Gasteiger partial charge in [-0.3, -0.25) is 4.72 Å². The molecule has 0 radical (unpaired) electrons. The molecule has 0 saturated heterocycles. The summed E-state index contributed by atoms with van der Waals surface area (Å²) in [5.74, 6) is -0.312. The third-order valence-corrected chi connectivity index (χ3v) is 5.25. The highest BCUT2D eigenvalue weighted by Gasteiger charge is 2.46. The van der Waals surface area contributed by atoms with Crippen LogP contribution in [0, 0.1) is 5.92 Å². The summed E-state index contributed by atoms with van der Waals surface area (Å²) in [6, 6.07) is 10.5. The lowest BCUT2D eigenvalue weighted by Gasteiger charge is -2.17. The van der Waals surface area contributed by atoms with Crippen molar-refractivity contribution in [3.05, 3.63) is 63.6 Å². The SMILES string of the molecule is CC(C)C(=NOCc1ccc(Cl)cc1)c1cc(Cl)ccc1NS(=O)(=O)C(F)(F)F. The minimum Gasteiger partial charge on any atom is -0.391 e. The summed E-state index contributed by atoms with van der Waals surface area (Å²) in [5.41, 5.74) is -4.71. The number of anilines is 1. The van der Waals surface area contributed by atoms with E-state index in [2.05, 4.69) is 5.16 Å². The Balaban J connectivity index is 2.36. The molecule has 0 aromatic heterocycles. The third kappa shape index (κ3) is 6.25. The second kappa shape index (κ2) is 9.23. The van der Waals surface area contributed by atoms with Crippen LogP contribution in [0.25, 0.3) is 0 Å². The fourth-order valence-corrected chi connectivity index (χ4v) is 3.12. The Labute approximate surface area is 176 Å². The fraction of sp³-hybridized carbons (Fsp3) is 0.278. The molecule has 0 heterocycles. The topological polar surface area (TPSA) is 67.8 Å². The summed E-state index contributed by atoms with van der Waals surface area (Å²) in [6.07, 6.45) is 0. The fourth-order valence-electron chi connectivity index (χ4n) is 2.24. The summed E-state index contributed by atoms with van der Waals surface area (Å²) in [6.45, 7) is 3.54. The van der Waals surface area contributed by atoms with Crippen LogP contribution in [0.4, 0.5) is 18.9 Å². The Morgan fingerprint density at radius 1 is 1.10 bits per heavy atom. The van der Waals surface area contributed by atoms with Gasteiger partial charge < -0.3 is 4.84 Å². The van der Waals surface area contributed by atoms with Crippen molar-refractivity contribution < 1.29 is 26.4 Å². The van der Waals surface area contributed by atoms with Gasteiger partial charge in [0.05, 0.1) is 11.4 Å². The summed E-state index contributed by atoms with van der Waals surface area (Å²) in [5, 5.41) is 4.77. The maximum Gasteiger partial charge on any atom is 0.516 e. The molecule has 5 nitrogen and oxygen atoms in total. The number of benzene rings is 2. The van der Waals surface area contributed by atoms with Crippen molar-refractivity contribution in [1.82, 2.24) is 0 Å². The number of nitrogens with zero attached hydrogens (tertiary/aromatic N) is 1. The van der Waals surface area contributed by atoms with Crippen LogP contribution in [-0.2, 0) is 21.5 Å². The second-order valence-electron chi connectivity index (χ2n) is 6.27. The van der Waals surface area contributed by atoms with Gasteiger partial charge in [0.2, 0.25) is 0 Å². The Hall–Kier alpha value is -1.97. The van der Waals surface area contributed by atoms with Crippen LogP contribution in [0.5, 0.6) is 0 Å². The lowest BCUT2D eigenvalue weighted by molar-refractivity contribution is -0.0429. The maximum atomic E-state index is 12.8. The van der Waals surface area contributed by atoms with Crippen LogP contribution in [0.15, 0.2) is 47.6 Å².